The van der Waals surface area contributed by atoms with Gasteiger partial charge in [0.25, 0.3) is 0 Å². The van der Waals surface area contributed by atoms with E-state index in [1.165, 1.54) is 11.3 Å². The Hall–Kier alpha value is -2.58. The fourth-order valence-corrected chi connectivity index (χ4v) is 3.20. The highest BCUT2D eigenvalue weighted by atomic mass is 32.1. The molecule has 4 nitrogen and oxygen atoms in total. The number of aromatic nitrogens is 1. The van der Waals surface area contributed by atoms with Gasteiger partial charge in [-0.25, -0.2) is 0 Å². The normalized spacial score (nSPS) is 10.5. The molecule has 104 valence electrons. The van der Waals surface area contributed by atoms with Gasteiger partial charge in [0, 0.05) is 24.4 Å². The summed E-state index contributed by atoms with van der Waals surface area (Å²) in [6.45, 7) is 2.04. The number of nitrogens with two attached hydrogens (primary N) is 1. The van der Waals surface area contributed by atoms with Crippen molar-refractivity contribution in [3.8, 4) is 27.8 Å². The third-order valence-electron chi connectivity index (χ3n) is 3.25. The van der Waals surface area contributed by atoms with E-state index in [4.69, 9.17) is 10.2 Å². The van der Waals surface area contributed by atoms with Gasteiger partial charge in [0.15, 0.2) is 0 Å². The molecule has 21 heavy (non-hydrogen) atoms. The molecule has 0 aliphatic heterocycles. The van der Waals surface area contributed by atoms with E-state index in [2.05, 4.69) is 11.1 Å². The Labute approximate surface area is 126 Å². The zero-order chi connectivity index (χ0) is 14.8. The van der Waals surface area contributed by atoms with E-state index >= 15 is 0 Å². The average molecular weight is 295 g/mol. The summed E-state index contributed by atoms with van der Waals surface area (Å²) < 4.78 is 5.82. The lowest BCUT2D eigenvalue weighted by Crippen LogP contribution is -1.89. The molecule has 0 atom stereocenters. The number of anilines is 1. The maximum atomic E-state index is 9.24. The average Bonchev–Trinajstić information content (AvgIpc) is 3.12. The number of aryl methyl sites for hydroxylation is 1. The lowest BCUT2D eigenvalue weighted by atomic mass is 10.0. The van der Waals surface area contributed by atoms with Gasteiger partial charge in [0.05, 0.1) is 10.6 Å². The van der Waals surface area contributed by atoms with Crippen molar-refractivity contribution in [3.05, 3.63) is 47.3 Å². The summed E-state index contributed by atoms with van der Waals surface area (Å²) >= 11 is 1.36. The monoisotopic (exact) mass is 295 g/mol. The van der Waals surface area contributed by atoms with Crippen molar-refractivity contribution in [3.63, 3.8) is 0 Å². The van der Waals surface area contributed by atoms with E-state index in [-0.39, 0.29) is 0 Å². The minimum Gasteiger partial charge on any atom is -0.460 e. The van der Waals surface area contributed by atoms with Gasteiger partial charge in [-0.3, -0.25) is 4.98 Å². The highest BCUT2D eigenvalue weighted by molar-refractivity contribution is 7.17. The van der Waals surface area contributed by atoms with Crippen LogP contribution in [0, 0.1) is 11.3 Å². The second-order valence-electron chi connectivity index (χ2n) is 4.52. The van der Waals surface area contributed by atoms with E-state index in [0.29, 0.717) is 10.6 Å². The first kappa shape index (κ1) is 13.4. The van der Waals surface area contributed by atoms with Crippen molar-refractivity contribution in [1.29, 1.82) is 5.26 Å². The summed E-state index contributed by atoms with van der Waals surface area (Å²) in [5, 5.41) is 9.24. The van der Waals surface area contributed by atoms with E-state index in [1.54, 1.807) is 12.4 Å². The highest BCUT2D eigenvalue weighted by Gasteiger charge is 2.20. The van der Waals surface area contributed by atoms with Crippen molar-refractivity contribution in [2.75, 3.05) is 5.73 Å². The number of pyridine rings is 1. The SMILES string of the molecule is CCc1ccc(-c2sc(C#N)c(N)c2-c2ccncc2)o1. The summed E-state index contributed by atoms with van der Waals surface area (Å²) in [4.78, 5) is 5.41. The van der Waals surface area contributed by atoms with Crippen molar-refractivity contribution < 1.29 is 4.42 Å². The molecule has 2 N–H and O–H groups in total. The van der Waals surface area contributed by atoms with E-state index in [9.17, 15) is 5.26 Å². The summed E-state index contributed by atoms with van der Waals surface area (Å²) in [7, 11) is 0. The predicted octanol–water partition coefficient (Wildman–Crippen LogP) is 4.09. The Kier molecular flexibility index (Phi) is 3.46. The third kappa shape index (κ3) is 2.30. The number of hydrogen-bond acceptors (Lipinski definition) is 5. The number of nitrogens with zero attached hydrogens (tertiary/aromatic N) is 2. The summed E-state index contributed by atoms with van der Waals surface area (Å²) in [6, 6.07) is 9.79. The van der Waals surface area contributed by atoms with Crippen LogP contribution >= 0.6 is 11.3 Å². The molecule has 0 amide bonds. The van der Waals surface area contributed by atoms with Gasteiger partial charge in [-0.05, 0) is 29.8 Å². The van der Waals surface area contributed by atoms with E-state index in [1.807, 2.05) is 31.2 Å². The lowest BCUT2D eigenvalue weighted by molar-refractivity contribution is 0.530. The minimum atomic E-state index is 0.498. The first-order valence-electron chi connectivity index (χ1n) is 6.56. The Bertz CT molecular complexity index is 812. The molecular weight excluding hydrogens is 282 g/mol. The number of rotatable bonds is 3. The Morgan fingerprint density at radius 1 is 1.29 bits per heavy atom. The van der Waals surface area contributed by atoms with Gasteiger partial charge >= 0.3 is 0 Å². The second kappa shape index (κ2) is 5.43. The van der Waals surface area contributed by atoms with Gasteiger partial charge < -0.3 is 10.2 Å². The van der Waals surface area contributed by atoms with Gasteiger partial charge in [0.1, 0.15) is 22.5 Å². The topological polar surface area (TPSA) is 75.8 Å². The van der Waals surface area contributed by atoms with Crippen LogP contribution in [0.3, 0.4) is 0 Å². The van der Waals surface area contributed by atoms with Gasteiger partial charge in [0.2, 0.25) is 0 Å². The van der Waals surface area contributed by atoms with Crippen LogP contribution in [0.2, 0.25) is 0 Å². The van der Waals surface area contributed by atoms with E-state index < -0.39 is 0 Å². The van der Waals surface area contributed by atoms with Crippen LogP contribution in [0.4, 0.5) is 5.69 Å². The third-order valence-corrected chi connectivity index (χ3v) is 4.37. The lowest BCUT2D eigenvalue weighted by Gasteiger charge is -2.03. The largest absolute Gasteiger partial charge is 0.460 e. The summed E-state index contributed by atoms with van der Waals surface area (Å²) in [6.07, 6.45) is 4.25. The van der Waals surface area contributed by atoms with Gasteiger partial charge in [-0.15, -0.1) is 11.3 Å². The fraction of sp³-hybridized carbons (Fsp3) is 0.125. The molecule has 0 radical (unpaired) electrons. The molecule has 5 heteroatoms. The molecule has 3 aromatic heterocycles. The van der Waals surface area contributed by atoms with Gasteiger partial charge in [-0.1, -0.05) is 6.92 Å². The number of nitriles is 1. The van der Waals surface area contributed by atoms with Crippen LogP contribution in [-0.2, 0) is 6.42 Å². The van der Waals surface area contributed by atoms with Crippen LogP contribution in [0.5, 0.6) is 0 Å². The summed E-state index contributed by atoms with van der Waals surface area (Å²) in [5.41, 5.74) is 8.43. The number of furan rings is 1. The summed E-state index contributed by atoms with van der Waals surface area (Å²) in [5.74, 6) is 1.66. The molecule has 0 aromatic carbocycles. The van der Waals surface area contributed by atoms with Crippen LogP contribution in [0.15, 0.2) is 41.1 Å². The quantitative estimate of drug-likeness (QED) is 0.789. The fourth-order valence-electron chi connectivity index (χ4n) is 2.20. The first-order valence-corrected chi connectivity index (χ1v) is 7.38. The maximum Gasteiger partial charge on any atom is 0.144 e. The highest BCUT2D eigenvalue weighted by Crippen LogP contribution is 2.45. The number of hydrogen-bond donors (Lipinski definition) is 1. The number of thiophene rings is 1. The second-order valence-corrected chi connectivity index (χ2v) is 5.54. The Morgan fingerprint density at radius 2 is 2.05 bits per heavy atom. The van der Waals surface area contributed by atoms with Crippen molar-refractivity contribution >= 4 is 17.0 Å². The molecule has 3 heterocycles. The Morgan fingerprint density at radius 3 is 2.67 bits per heavy atom. The smallest absolute Gasteiger partial charge is 0.144 e. The van der Waals surface area contributed by atoms with Crippen molar-refractivity contribution in [1.82, 2.24) is 4.98 Å². The molecule has 3 rings (SSSR count). The van der Waals surface area contributed by atoms with Gasteiger partial charge in [-0.2, -0.15) is 5.26 Å². The van der Waals surface area contributed by atoms with Crippen LogP contribution in [0.1, 0.15) is 17.6 Å². The standard InChI is InChI=1S/C16H13N3OS/c1-2-11-3-4-12(20-11)16-14(10-5-7-19-8-6-10)15(18)13(9-17)21-16/h3-8H,2,18H2,1H3. The zero-order valence-corrected chi connectivity index (χ0v) is 12.3. The molecule has 0 aliphatic rings. The minimum absolute atomic E-state index is 0.498. The van der Waals surface area contributed by atoms with Crippen LogP contribution in [-0.4, -0.2) is 4.98 Å². The molecule has 0 unspecified atom stereocenters. The zero-order valence-electron chi connectivity index (χ0n) is 11.5. The first-order chi connectivity index (χ1) is 10.2. The van der Waals surface area contributed by atoms with Crippen molar-refractivity contribution in [2.24, 2.45) is 0 Å². The predicted molar refractivity (Wildman–Crippen MR) is 83.8 cm³/mol. The van der Waals surface area contributed by atoms with Crippen molar-refractivity contribution in [2.45, 2.75) is 13.3 Å². The Balaban J connectivity index is 2.23. The molecule has 0 bridgehead atoms. The molecule has 0 saturated carbocycles. The number of nitrogen functional groups attached to an aromatic ring is 1. The molecule has 0 saturated heterocycles. The molecule has 0 fully saturated rings. The van der Waals surface area contributed by atoms with Crippen LogP contribution < -0.4 is 5.73 Å². The molecule has 0 aliphatic carbocycles. The maximum absolute atomic E-state index is 9.24. The molecule has 0 spiro atoms. The molecular formula is C16H13N3OS. The molecule has 3 aromatic rings. The van der Waals surface area contributed by atoms with Crippen LogP contribution in [0.25, 0.3) is 21.8 Å². The van der Waals surface area contributed by atoms with E-state index in [0.717, 1.165) is 33.9 Å².